The van der Waals surface area contributed by atoms with Crippen LogP contribution in [0.15, 0.2) is 66.9 Å². The fourth-order valence-electron chi connectivity index (χ4n) is 4.15. The van der Waals surface area contributed by atoms with Crippen molar-refractivity contribution in [2.24, 2.45) is 5.73 Å². The number of benzene rings is 3. The Kier molecular flexibility index (Phi) is 8.68. The number of nitrogens with zero attached hydrogens (tertiary/aromatic N) is 1. The predicted molar refractivity (Wildman–Crippen MR) is 152 cm³/mol. The number of hydrogen-bond donors (Lipinski definition) is 4. The fourth-order valence-corrected chi connectivity index (χ4v) is 4.15. The smallest absolute Gasteiger partial charge is 0.337 e. The SMILES string of the molecule is CCOc1cc(OC(C)C)c(F)c(C(Nc2ccc(C(=N)N)cc2)c2nc(-c3cccc(C(=O)OC)c3)c[nH]2)c1. The van der Waals surface area contributed by atoms with E-state index in [0.29, 0.717) is 46.3 Å². The van der Waals surface area contributed by atoms with Crippen LogP contribution in [0.3, 0.4) is 0 Å². The molecule has 1 atom stereocenters. The van der Waals surface area contributed by atoms with Crippen LogP contribution in [-0.2, 0) is 4.74 Å². The van der Waals surface area contributed by atoms with E-state index < -0.39 is 17.8 Å². The summed E-state index contributed by atoms with van der Waals surface area (Å²) >= 11 is 0. The second-order valence-corrected chi connectivity index (χ2v) is 9.24. The summed E-state index contributed by atoms with van der Waals surface area (Å²) in [6, 6.07) is 16.2. The molecule has 0 saturated heterocycles. The number of H-pyrrole nitrogens is 1. The van der Waals surface area contributed by atoms with Crippen LogP contribution in [0.25, 0.3) is 11.3 Å². The molecular formula is C30H32FN5O4. The van der Waals surface area contributed by atoms with Gasteiger partial charge in [-0.1, -0.05) is 12.1 Å². The summed E-state index contributed by atoms with van der Waals surface area (Å²) < 4.78 is 32.4. The highest BCUT2D eigenvalue weighted by Gasteiger charge is 2.26. The molecule has 4 rings (SSSR count). The number of hydrogen-bond acceptors (Lipinski definition) is 7. The molecular weight excluding hydrogens is 513 g/mol. The van der Waals surface area contributed by atoms with Crippen LogP contribution in [0, 0.1) is 11.2 Å². The topological polar surface area (TPSA) is 135 Å². The molecule has 0 spiro atoms. The summed E-state index contributed by atoms with van der Waals surface area (Å²) in [5.74, 6) is -0.145. The number of imidazole rings is 1. The van der Waals surface area contributed by atoms with Gasteiger partial charge in [0.25, 0.3) is 0 Å². The standard InChI is InChI=1S/C30H32FN5O4/c1-5-39-22-14-23(26(31)25(15-22)40-17(2)3)27(35-21-11-9-18(10-12-21)28(32)33)29-34-16-24(36-29)19-7-6-8-20(13-19)30(37)38-4/h6-17,27,35H,5H2,1-4H3,(H3,32,33)(H,34,36). The Morgan fingerprint density at radius 3 is 2.52 bits per heavy atom. The molecule has 0 aliphatic rings. The molecule has 0 saturated carbocycles. The Morgan fingerprint density at radius 1 is 1.12 bits per heavy atom. The highest BCUT2D eigenvalue weighted by Crippen LogP contribution is 2.36. The van der Waals surface area contributed by atoms with Crippen LogP contribution in [0.5, 0.6) is 11.5 Å². The van der Waals surface area contributed by atoms with Gasteiger partial charge in [-0.2, -0.15) is 0 Å². The summed E-state index contributed by atoms with van der Waals surface area (Å²) in [5.41, 5.74) is 8.69. The van der Waals surface area contributed by atoms with Crippen molar-refractivity contribution in [1.29, 1.82) is 5.41 Å². The third kappa shape index (κ3) is 6.40. The predicted octanol–water partition coefficient (Wildman–Crippen LogP) is 5.67. The zero-order chi connectivity index (χ0) is 28.8. The number of rotatable bonds is 11. The number of anilines is 1. The van der Waals surface area contributed by atoms with Gasteiger partial charge in [0.2, 0.25) is 0 Å². The molecule has 0 aliphatic heterocycles. The van der Waals surface area contributed by atoms with E-state index in [-0.39, 0.29) is 23.3 Å². The molecule has 0 aliphatic carbocycles. The highest BCUT2D eigenvalue weighted by atomic mass is 19.1. The number of amidine groups is 1. The van der Waals surface area contributed by atoms with Crippen molar-refractivity contribution >= 4 is 17.5 Å². The van der Waals surface area contributed by atoms with Gasteiger partial charge in [-0.15, -0.1) is 0 Å². The maximum absolute atomic E-state index is 16.0. The molecule has 3 aromatic carbocycles. The van der Waals surface area contributed by atoms with Crippen LogP contribution in [0.2, 0.25) is 0 Å². The molecule has 0 fully saturated rings. The number of methoxy groups -OCH3 is 1. The van der Waals surface area contributed by atoms with Crippen molar-refractivity contribution in [2.75, 3.05) is 19.0 Å². The zero-order valence-electron chi connectivity index (χ0n) is 22.7. The van der Waals surface area contributed by atoms with Crippen molar-refractivity contribution in [3.63, 3.8) is 0 Å². The van der Waals surface area contributed by atoms with Crippen LogP contribution < -0.4 is 20.5 Å². The van der Waals surface area contributed by atoms with Crippen molar-refractivity contribution < 1.29 is 23.4 Å². The van der Waals surface area contributed by atoms with Crippen molar-refractivity contribution in [2.45, 2.75) is 32.9 Å². The molecule has 1 aromatic heterocycles. The van der Waals surface area contributed by atoms with E-state index in [0.717, 1.165) is 0 Å². The van der Waals surface area contributed by atoms with Crippen LogP contribution in [0.1, 0.15) is 54.1 Å². The number of halogens is 1. The van der Waals surface area contributed by atoms with Crippen LogP contribution >= 0.6 is 0 Å². The van der Waals surface area contributed by atoms with Crippen LogP contribution in [-0.4, -0.2) is 41.6 Å². The van der Waals surface area contributed by atoms with Gasteiger partial charge >= 0.3 is 5.97 Å². The Hall–Kier alpha value is -4.86. The summed E-state index contributed by atoms with van der Waals surface area (Å²) in [7, 11) is 1.32. The molecule has 1 unspecified atom stereocenters. The summed E-state index contributed by atoms with van der Waals surface area (Å²) in [6.07, 6.45) is 1.43. The van der Waals surface area contributed by atoms with Gasteiger partial charge in [0.1, 0.15) is 23.5 Å². The lowest BCUT2D eigenvalue weighted by Gasteiger charge is -2.22. The van der Waals surface area contributed by atoms with Gasteiger partial charge < -0.3 is 30.2 Å². The second kappa shape index (κ2) is 12.3. The Balaban J connectivity index is 1.81. The molecule has 0 amide bonds. The molecule has 1 heterocycles. The van der Waals surface area contributed by atoms with E-state index in [9.17, 15) is 4.79 Å². The van der Waals surface area contributed by atoms with E-state index in [1.165, 1.54) is 13.2 Å². The quantitative estimate of drug-likeness (QED) is 0.108. The maximum atomic E-state index is 16.0. The number of nitrogens with one attached hydrogen (secondary N) is 3. The van der Waals surface area contributed by atoms with Crippen molar-refractivity contribution in [3.8, 4) is 22.8 Å². The monoisotopic (exact) mass is 545 g/mol. The number of esters is 1. The summed E-state index contributed by atoms with van der Waals surface area (Å²) in [6.45, 7) is 5.87. The van der Waals surface area contributed by atoms with E-state index in [4.69, 9.17) is 30.3 Å². The number of aromatic amines is 1. The van der Waals surface area contributed by atoms with Gasteiger partial charge in [-0.25, -0.2) is 14.2 Å². The fraction of sp³-hybridized carbons (Fsp3) is 0.233. The van der Waals surface area contributed by atoms with Crippen LogP contribution in [0.4, 0.5) is 10.1 Å². The first-order valence-electron chi connectivity index (χ1n) is 12.8. The second-order valence-electron chi connectivity index (χ2n) is 9.24. The molecule has 0 bridgehead atoms. The minimum Gasteiger partial charge on any atom is -0.494 e. The minimum atomic E-state index is -0.796. The van der Waals surface area contributed by atoms with Gasteiger partial charge in [0.05, 0.1) is 31.1 Å². The van der Waals surface area contributed by atoms with Gasteiger partial charge in [-0.3, -0.25) is 5.41 Å². The summed E-state index contributed by atoms with van der Waals surface area (Å²) in [5, 5.41) is 11.0. The van der Waals surface area contributed by atoms with E-state index in [1.54, 1.807) is 54.7 Å². The lowest BCUT2D eigenvalue weighted by molar-refractivity contribution is 0.0600. The number of nitrogen functional groups attached to an aromatic ring is 1. The third-order valence-corrected chi connectivity index (χ3v) is 5.98. The lowest BCUT2D eigenvalue weighted by atomic mass is 10.0. The Bertz CT molecular complexity index is 1500. The van der Waals surface area contributed by atoms with E-state index in [2.05, 4.69) is 10.3 Å². The lowest BCUT2D eigenvalue weighted by Crippen LogP contribution is -2.18. The first-order valence-corrected chi connectivity index (χ1v) is 12.8. The first kappa shape index (κ1) is 28.2. The molecule has 4 aromatic rings. The first-order chi connectivity index (χ1) is 19.2. The number of nitrogens with two attached hydrogens (primary N) is 1. The molecule has 5 N–H and O–H groups in total. The summed E-state index contributed by atoms with van der Waals surface area (Å²) in [4.78, 5) is 20.0. The Morgan fingerprint density at radius 2 is 1.88 bits per heavy atom. The molecule has 40 heavy (non-hydrogen) atoms. The molecule has 0 radical (unpaired) electrons. The third-order valence-electron chi connectivity index (χ3n) is 5.98. The maximum Gasteiger partial charge on any atom is 0.337 e. The average Bonchev–Trinajstić information content (AvgIpc) is 3.43. The largest absolute Gasteiger partial charge is 0.494 e. The van der Waals surface area contributed by atoms with E-state index in [1.807, 2.05) is 26.8 Å². The van der Waals surface area contributed by atoms with E-state index >= 15 is 4.39 Å². The van der Waals surface area contributed by atoms with Gasteiger partial charge in [0.15, 0.2) is 11.6 Å². The number of carbonyl (C=O) groups is 1. The van der Waals surface area contributed by atoms with Gasteiger partial charge in [0, 0.05) is 34.6 Å². The van der Waals surface area contributed by atoms with Gasteiger partial charge in [-0.05, 0) is 63.2 Å². The van der Waals surface area contributed by atoms with Crippen molar-refractivity contribution in [3.05, 3.63) is 95.2 Å². The average molecular weight is 546 g/mol. The number of aromatic nitrogens is 2. The normalized spacial score (nSPS) is 11.7. The molecule has 208 valence electrons. The number of carbonyl (C=O) groups excluding carboxylic acids is 1. The molecule has 10 heteroatoms. The number of ether oxygens (including phenoxy) is 3. The Labute approximate surface area is 232 Å². The highest BCUT2D eigenvalue weighted by molar-refractivity contribution is 5.95. The zero-order valence-corrected chi connectivity index (χ0v) is 22.7. The van der Waals surface area contributed by atoms with Crippen molar-refractivity contribution in [1.82, 2.24) is 9.97 Å². The molecule has 9 nitrogen and oxygen atoms in total. The minimum absolute atomic E-state index is 0.0566.